The third-order valence-electron chi connectivity index (χ3n) is 6.22. The van der Waals surface area contributed by atoms with Crippen LogP contribution < -0.4 is 15.0 Å². The predicted octanol–water partition coefficient (Wildman–Crippen LogP) is 4.02. The standard InChI is InChI=1S/C24H28N8O2/c1-11-19(12(2)34-31-11)15-9-17-21(30-24(15)33-6)20-22(29-17)27-13(3)28-23(20)32(5)18(26-4)10-16(25)14-7-8-14/h9-10,14,25-26H,7-8H2,1-6H3,(H,27,28,29)/b18-10+,25-16?. The highest BCUT2D eigenvalue weighted by Crippen LogP contribution is 2.39. The molecule has 0 radical (unpaired) electrons. The van der Waals surface area contributed by atoms with Gasteiger partial charge >= 0.3 is 0 Å². The van der Waals surface area contributed by atoms with Crippen molar-refractivity contribution in [3.63, 3.8) is 0 Å². The van der Waals surface area contributed by atoms with Crippen LogP contribution in [0, 0.1) is 32.1 Å². The van der Waals surface area contributed by atoms with Crippen LogP contribution >= 0.6 is 0 Å². The first kappa shape index (κ1) is 21.9. The summed E-state index contributed by atoms with van der Waals surface area (Å²) in [4.78, 5) is 19.6. The highest BCUT2D eigenvalue weighted by Gasteiger charge is 2.27. The number of rotatable bonds is 7. The number of anilines is 1. The van der Waals surface area contributed by atoms with Gasteiger partial charge < -0.3 is 29.9 Å². The van der Waals surface area contributed by atoms with Crippen LogP contribution in [0.1, 0.15) is 30.1 Å². The summed E-state index contributed by atoms with van der Waals surface area (Å²) in [6.45, 7) is 5.63. The van der Waals surface area contributed by atoms with Gasteiger partial charge in [0.25, 0.3) is 0 Å². The lowest BCUT2D eigenvalue weighted by Gasteiger charge is -2.22. The van der Waals surface area contributed by atoms with Crippen LogP contribution in [0.2, 0.25) is 0 Å². The van der Waals surface area contributed by atoms with E-state index in [9.17, 15) is 0 Å². The molecule has 0 spiro atoms. The van der Waals surface area contributed by atoms with Gasteiger partial charge in [0.2, 0.25) is 5.88 Å². The molecule has 4 heterocycles. The third-order valence-corrected chi connectivity index (χ3v) is 6.22. The largest absolute Gasteiger partial charge is 0.481 e. The van der Waals surface area contributed by atoms with E-state index in [2.05, 4.69) is 20.4 Å². The Kier molecular flexibility index (Phi) is 5.22. The van der Waals surface area contributed by atoms with E-state index >= 15 is 0 Å². The van der Waals surface area contributed by atoms with Crippen molar-refractivity contribution in [2.45, 2.75) is 33.6 Å². The first-order valence-corrected chi connectivity index (χ1v) is 11.2. The number of methoxy groups -OCH3 is 1. The molecule has 1 aliphatic carbocycles. The smallest absolute Gasteiger partial charge is 0.221 e. The Morgan fingerprint density at radius 2 is 2.03 bits per heavy atom. The maximum atomic E-state index is 8.36. The van der Waals surface area contributed by atoms with E-state index in [1.165, 1.54) is 0 Å². The molecular formula is C24H28N8O2. The number of aromatic nitrogens is 5. The molecule has 176 valence electrons. The van der Waals surface area contributed by atoms with Crippen LogP contribution in [0.5, 0.6) is 5.88 Å². The molecule has 4 aromatic heterocycles. The number of allylic oxidation sites excluding steroid dienone is 1. The van der Waals surface area contributed by atoms with Gasteiger partial charge in [0.1, 0.15) is 34.4 Å². The zero-order chi connectivity index (χ0) is 24.1. The first-order chi connectivity index (χ1) is 16.3. The second kappa shape index (κ2) is 8.12. The molecule has 1 aliphatic rings. The van der Waals surface area contributed by atoms with E-state index in [1.54, 1.807) is 7.11 Å². The Hall–Kier alpha value is -3.95. The van der Waals surface area contributed by atoms with Gasteiger partial charge in [-0.05, 0) is 45.8 Å². The summed E-state index contributed by atoms with van der Waals surface area (Å²) in [5.74, 6) is 3.63. The summed E-state index contributed by atoms with van der Waals surface area (Å²) >= 11 is 0. The molecule has 0 bridgehead atoms. The van der Waals surface area contributed by atoms with Crippen LogP contribution in [0.3, 0.4) is 0 Å². The molecule has 10 heteroatoms. The number of hydrogen-bond donors (Lipinski definition) is 3. The number of nitrogens with zero attached hydrogens (tertiary/aromatic N) is 5. The molecule has 0 aliphatic heterocycles. The lowest BCUT2D eigenvalue weighted by atomic mass is 10.0. The minimum atomic E-state index is 0.352. The molecule has 0 atom stereocenters. The van der Waals surface area contributed by atoms with E-state index in [4.69, 9.17) is 24.6 Å². The molecule has 4 aromatic rings. The van der Waals surface area contributed by atoms with Crippen molar-refractivity contribution in [3.05, 3.63) is 35.2 Å². The summed E-state index contributed by atoms with van der Waals surface area (Å²) in [5, 5.41) is 16.4. The Balaban J connectivity index is 1.72. The van der Waals surface area contributed by atoms with Gasteiger partial charge in [0.15, 0.2) is 0 Å². The summed E-state index contributed by atoms with van der Waals surface area (Å²) in [5.41, 5.74) is 5.25. The molecular weight excluding hydrogens is 432 g/mol. The van der Waals surface area contributed by atoms with Crippen molar-refractivity contribution in [3.8, 4) is 17.0 Å². The molecule has 34 heavy (non-hydrogen) atoms. The Bertz CT molecular complexity index is 1440. The molecule has 3 N–H and O–H groups in total. The summed E-state index contributed by atoms with van der Waals surface area (Å²) in [6.07, 6.45) is 4.03. The number of pyridine rings is 1. The van der Waals surface area contributed by atoms with E-state index in [0.29, 0.717) is 46.1 Å². The first-order valence-electron chi connectivity index (χ1n) is 11.2. The van der Waals surface area contributed by atoms with Crippen LogP contribution in [-0.2, 0) is 0 Å². The molecule has 10 nitrogen and oxygen atoms in total. The fourth-order valence-electron chi connectivity index (χ4n) is 4.33. The molecule has 0 saturated heterocycles. The van der Waals surface area contributed by atoms with E-state index < -0.39 is 0 Å². The van der Waals surface area contributed by atoms with Gasteiger partial charge in [-0.2, -0.15) is 0 Å². The van der Waals surface area contributed by atoms with Gasteiger partial charge in [-0.25, -0.2) is 15.0 Å². The van der Waals surface area contributed by atoms with Gasteiger partial charge in [-0.3, -0.25) is 0 Å². The van der Waals surface area contributed by atoms with Crippen LogP contribution in [0.15, 0.2) is 22.5 Å². The fraction of sp³-hybridized carbons (Fsp3) is 0.375. The normalized spacial score (nSPS) is 14.1. The van der Waals surface area contributed by atoms with Crippen molar-refractivity contribution in [1.29, 1.82) is 5.41 Å². The molecule has 0 unspecified atom stereocenters. The topological polar surface area (TPSA) is 129 Å². The van der Waals surface area contributed by atoms with E-state index in [-0.39, 0.29) is 0 Å². The zero-order valence-corrected chi connectivity index (χ0v) is 20.2. The van der Waals surface area contributed by atoms with Crippen molar-refractivity contribution in [2.24, 2.45) is 5.92 Å². The highest BCUT2D eigenvalue weighted by atomic mass is 16.5. The Morgan fingerprint density at radius 1 is 1.26 bits per heavy atom. The summed E-state index contributed by atoms with van der Waals surface area (Å²) in [6, 6.07) is 1.99. The average molecular weight is 461 g/mol. The second-order valence-corrected chi connectivity index (χ2v) is 8.65. The van der Waals surface area contributed by atoms with Crippen molar-refractivity contribution in [2.75, 3.05) is 26.1 Å². The van der Waals surface area contributed by atoms with E-state index in [0.717, 1.165) is 46.4 Å². The Morgan fingerprint density at radius 3 is 2.65 bits per heavy atom. The van der Waals surface area contributed by atoms with Crippen LogP contribution in [0.25, 0.3) is 33.2 Å². The Labute approximate surface area is 196 Å². The predicted molar refractivity (Wildman–Crippen MR) is 131 cm³/mol. The lowest BCUT2D eigenvalue weighted by Crippen LogP contribution is -2.28. The van der Waals surface area contributed by atoms with Gasteiger partial charge in [-0.15, -0.1) is 0 Å². The van der Waals surface area contributed by atoms with Crippen molar-refractivity contribution >= 4 is 33.6 Å². The maximum absolute atomic E-state index is 8.36. The number of aromatic amines is 1. The SMILES string of the molecule is CN/C(=C\C(=N)C1CC1)N(C)c1nc(C)nc2[nH]c3cc(-c4c(C)noc4C)c(OC)nc3c12. The van der Waals surface area contributed by atoms with Gasteiger partial charge in [0.05, 0.1) is 34.8 Å². The van der Waals surface area contributed by atoms with Gasteiger partial charge in [0, 0.05) is 25.7 Å². The average Bonchev–Trinajstić information content (AvgIpc) is 3.54. The molecule has 5 rings (SSSR count). The van der Waals surface area contributed by atoms with Gasteiger partial charge in [-0.1, -0.05) is 5.16 Å². The quantitative estimate of drug-likeness (QED) is 0.353. The number of nitrogens with one attached hydrogen (secondary N) is 3. The summed E-state index contributed by atoms with van der Waals surface area (Å²) < 4.78 is 11.1. The summed E-state index contributed by atoms with van der Waals surface area (Å²) in [7, 11) is 5.38. The molecule has 0 amide bonds. The minimum Gasteiger partial charge on any atom is -0.481 e. The van der Waals surface area contributed by atoms with Crippen LogP contribution in [0.4, 0.5) is 5.82 Å². The minimum absolute atomic E-state index is 0.352. The monoisotopic (exact) mass is 460 g/mol. The molecule has 0 aromatic carbocycles. The van der Waals surface area contributed by atoms with Crippen LogP contribution in [-0.4, -0.2) is 52.0 Å². The third kappa shape index (κ3) is 3.55. The van der Waals surface area contributed by atoms with Crippen molar-refractivity contribution < 1.29 is 9.26 Å². The second-order valence-electron chi connectivity index (χ2n) is 8.65. The molecule has 1 saturated carbocycles. The number of aryl methyl sites for hydroxylation is 3. The lowest BCUT2D eigenvalue weighted by molar-refractivity contribution is 0.392. The number of ether oxygens (including phenoxy) is 1. The zero-order valence-electron chi connectivity index (χ0n) is 20.2. The maximum Gasteiger partial charge on any atom is 0.221 e. The van der Waals surface area contributed by atoms with E-state index in [1.807, 2.05) is 51.9 Å². The highest BCUT2D eigenvalue weighted by molar-refractivity contribution is 6.10. The van der Waals surface area contributed by atoms with Crippen molar-refractivity contribution in [1.82, 2.24) is 30.4 Å². The fourth-order valence-corrected chi connectivity index (χ4v) is 4.33. The molecule has 1 fully saturated rings. The number of hydrogen-bond acceptors (Lipinski definition) is 9. The number of H-pyrrole nitrogens is 1. The number of fused-ring (bicyclic) bond motifs is 3.